The molecule has 1 spiro atoms. The average Bonchev–Trinajstić information content (AvgIpc) is 2.48. The summed E-state index contributed by atoms with van der Waals surface area (Å²) >= 11 is 0. The van der Waals surface area contributed by atoms with E-state index in [1.807, 2.05) is 0 Å². The monoisotopic (exact) mass is 197 g/mol. The molecule has 2 rings (SSSR count). The number of hydrogen-bond donors (Lipinski definition) is 1. The van der Waals surface area contributed by atoms with Gasteiger partial charge in [-0.25, -0.2) is 4.79 Å². The van der Waals surface area contributed by atoms with Crippen LogP contribution in [0.5, 0.6) is 0 Å². The molecule has 2 amide bonds. The summed E-state index contributed by atoms with van der Waals surface area (Å²) in [7, 11) is 2.18. The molecule has 0 aromatic carbocycles. The summed E-state index contributed by atoms with van der Waals surface area (Å²) in [5, 5.41) is 0. The number of nitrogens with two attached hydrogens (primary N) is 1. The molecule has 14 heavy (non-hydrogen) atoms. The summed E-state index contributed by atoms with van der Waals surface area (Å²) in [4.78, 5) is 15.1. The predicted octanol–water partition coefficient (Wildman–Crippen LogP) is 0.483. The average molecular weight is 197 g/mol. The van der Waals surface area contributed by atoms with E-state index in [9.17, 15) is 4.79 Å². The van der Waals surface area contributed by atoms with Gasteiger partial charge in [-0.3, -0.25) is 0 Å². The molecule has 2 saturated heterocycles. The van der Waals surface area contributed by atoms with E-state index < -0.39 is 0 Å². The Kier molecular flexibility index (Phi) is 2.39. The number of carbonyl (C=O) groups excluding carboxylic acids is 1. The molecule has 0 radical (unpaired) electrons. The fraction of sp³-hybridized carbons (Fsp3) is 0.900. The Labute approximate surface area is 85.0 Å². The molecule has 0 aromatic heterocycles. The van der Waals surface area contributed by atoms with Crippen LogP contribution in [0.3, 0.4) is 0 Å². The summed E-state index contributed by atoms with van der Waals surface area (Å²) in [6.07, 6.45) is 3.54. The van der Waals surface area contributed by atoms with E-state index in [-0.39, 0.29) is 6.03 Å². The first-order chi connectivity index (χ1) is 6.61. The lowest BCUT2D eigenvalue weighted by atomic mass is 9.78. The Morgan fingerprint density at radius 3 is 2.21 bits per heavy atom. The minimum atomic E-state index is -0.258. The third-order valence-corrected chi connectivity index (χ3v) is 3.76. The molecule has 2 N–H and O–H groups in total. The van der Waals surface area contributed by atoms with E-state index in [0.717, 1.165) is 25.9 Å². The Bertz CT molecular complexity index is 234. The minimum absolute atomic E-state index is 0.258. The summed E-state index contributed by atoms with van der Waals surface area (Å²) in [6.45, 7) is 4.10. The Morgan fingerprint density at radius 2 is 1.79 bits per heavy atom. The van der Waals surface area contributed by atoms with Crippen molar-refractivity contribution in [1.82, 2.24) is 9.80 Å². The van der Waals surface area contributed by atoms with E-state index in [1.54, 1.807) is 4.90 Å². The lowest BCUT2D eigenvalue weighted by Gasteiger charge is -2.38. The molecule has 0 saturated carbocycles. The van der Waals surface area contributed by atoms with Crippen molar-refractivity contribution in [1.29, 1.82) is 0 Å². The third kappa shape index (κ3) is 1.71. The number of primary amides is 1. The number of amides is 2. The first-order valence-corrected chi connectivity index (χ1v) is 5.34. The van der Waals surface area contributed by atoms with Gasteiger partial charge in [-0.05, 0) is 38.3 Å². The van der Waals surface area contributed by atoms with Crippen LogP contribution >= 0.6 is 0 Å². The van der Waals surface area contributed by atoms with Gasteiger partial charge in [0.1, 0.15) is 0 Å². The van der Waals surface area contributed by atoms with Crippen molar-refractivity contribution in [3.05, 3.63) is 0 Å². The van der Waals surface area contributed by atoms with Gasteiger partial charge in [-0.1, -0.05) is 0 Å². The van der Waals surface area contributed by atoms with Gasteiger partial charge in [0.15, 0.2) is 0 Å². The Balaban J connectivity index is 1.92. The zero-order chi connectivity index (χ0) is 10.2. The van der Waals surface area contributed by atoms with E-state index >= 15 is 0 Å². The van der Waals surface area contributed by atoms with E-state index in [4.69, 9.17) is 5.73 Å². The summed E-state index contributed by atoms with van der Waals surface area (Å²) in [5.74, 6) is 0. The molecule has 0 atom stereocenters. The molecule has 2 aliphatic rings. The van der Waals surface area contributed by atoms with E-state index in [1.165, 1.54) is 19.5 Å². The lowest BCUT2D eigenvalue weighted by molar-refractivity contribution is 0.127. The lowest BCUT2D eigenvalue weighted by Crippen LogP contribution is -2.46. The molecular weight excluding hydrogens is 178 g/mol. The highest BCUT2D eigenvalue weighted by Gasteiger charge is 2.39. The fourth-order valence-electron chi connectivity index (χ4n) is 2.77. The van der Waals surface area contributed by atoms with Crippen molar-refractivity contribution < 1.29 is 4.79 Å². The number of likely N-dealkylation sites (tertiary alicyclic amines) is 2. The normalized spacial score (nSPS) is 27.1. The second-order valence-electron chi connectivity index (χ2n) is 4.81. The van der Waals surface area contributed by atoms with Gasteiger partial charge in [-0.2, -0.15) is 0 Å². The second-order valence-corrected chi connectivity index (χ2v) is 4.81. The summed E-state index contributed by atoms with van der Waals surface area (Å²) < 4.78 is 0. The maximum absolute atomic E-state index is 11.0. The smallest absolute Gasteiger partial charge is 0.314 e. The zero-order valence-electron chi connectivity index (χ0n) is 8.83. The minimum Gasteiger partial charge on any atom is -0.351 e. The molecule has 0 aliphatic carbocycles. The number of piperidine rings is 1. The van der Waals surface area contributed by atoms with Gasteiger partial charge < -0.3 is 15.5 Å². The van der Waals surface area contributed by atoms with Crippen molar-refractivity contribution in [3.8, 4) is 0 Å². The van der Waals surface area contributed by atoms with Gasteiger partial charge >= 0.3 is 6.03 Å². The predicted molar refractivity (Wildman–Crippen MR) is 54.9 cm³/mol. The molecule has 4 heteroatoms. The first-order valence-electron chi connectivity index (χ1n) is 5.34. The molecule has 2 fully saturated rings. The maximum atomic E-state index is 11.0. The maximum Gasteiger partial charge on any atom is 0.314 e. The number of urea groups is 1. The highest BCUT2D eigenvalue weighted by molar-refractivity contribution is 5.72. The van der Waals surface area contributed by atoms with Crippen LogP contribution in [0.15, 0.2) is 0 Å². The molecule has 80 valence electrons. The standard InChI is InChI=1S/C10H19N3O/c1-12-5-2-10(8-12)3-6-13(7-4-10)9(11)14/h2-8H2,1H3,(H2,11,14). The number of carbonyl (C=O) groups is 1. The van der Waals surface area contributed by atoms with Crippen LogP contribution in [0, 0.1) is 5.41 Å². The zero-order valence-corrected chi connectivity index (χ0v) is 8.83. The van der Waals surface area contributed by atoms with Gasteiger partial charge in [-0.15, -0.1) is 0 Å². The van der Waals surface area contributed by atoms with E-state index in [2.05, 4.69) is 11.9 Å². The van der Waals surface area contributed by atoms with Gasteiger partial charge in [0.25, 0.3) is 0 Å². The van der Waals surface area contributed by atoms with Crippen molar-refractivity contribution >= 4 is 6.03 Å². The molecule has 0 unspecified atom stereocenters. The van der Waals surface area contributed by atoms with Crippen molar-refractivity contribution in [3.63, 3.8) is 0 Å². The van der Waals surface area contributed by atoms with Crippen LogP contribution in [0.4, 0.5) is 4.79 Å². The van der Waals surface area contributed by atoms with E-state index in [0.29, 0.717) is 5.41 Å². The van der Waals surface area contributed by atoms with Crippen LogP contribution in [0.1, 0.15) is 19.3 Å². The number of hydrogen-bond acceptors (Lipinski definition) is 2. The Morgan fingerprint density at radius 1 is 1.21 bits per heavy atom. The molecule has 2 heterocycles. The number of nitrogens with zero attached hydrogens (tertiary/aromatic N) is 2. The van der Waals surface area contributed by atoms with Crippen molar-refractivity contribution in [2.45, 2.75) is 19.3 Å². The molecule has 4 nitrogen and oxygen atoms in total. The van der Waals surface area contributed by atoms with Crippen LogP contribution < -0.4 is 5.73 Å². The topological polar surface area (TPSA) is 49.6 Å². The number of rotatable bonds is 0. The van der Waals surface area contributed by atoms with Crippen LogP contribution in [0.2, 0.25) is 0 Å². The van der Waals surface area contributed by atoms with Gasteiger partial charge in [0.05, 0.1) is 0 Å². The van der Waals surface area contributed by atoms with Gasteiger partial charge in [0, 0.05) is 19.6 Å². The highest BCUT2D eigenvalue weighted by Crippen LogP contribution is 2.39. The Hall–Kier alpha value is -0.770. The largest absolute Gasteiger partial charge is 0.351 e. The van der Waals surface area contributed by atoms with Crippen LogP contribution in [-0.2, 0) is 0 Å². The quantitative estimate of drug-likeness (QED) is 0.614. The molecule has 0 bridgehead atoms. The van der Waals surface area contributed by atoms with Gasteiger partial charge in [0.2, 0.25) is 0 Å². The summed E-state index contributed by atoms with van der Waals surface area (Å²) in [5.41, 5.74) is 5.74. The first kappa shape index (κ1) is 9.77. The van der Waals surface area contributed by atoms with Crippen LogP contribution in [0.25, 0.3) is 0 Å². The second kappa shape index (κ2) is 3.42. The molecular formula is C10H19N3O. The fourth-order valence-corrected chi connectivity index (χ4v) is 2.77. The molecule has 0 aromatic rings. The SMILES string of the molecule is CN1CCC2(CCN(C(N)=O)CC2)C1. The van der Waals surface area contributed by atoms with Crippen molar-refractivity contribution in [2.24, 2.45) is 11.1 Å². The van der Waals surface area contributed by atoms with Crippen LogP contribution in [-0.4, -0.2) is 49.1 Å². The highest BCUT2D eigenvalue weighted by atomic mass is 16.2. The molecule has 2 aliphatic heterocycles. The summed E-state index contributed by atoms with van der Waals surface area (Å²) in [6, 6.07) is -0.258. The third-order valence-electron chi connectivity index (χ3n) is 3.76. The van der Waals surface area contributed by atoms with Crippen molar-refractivity contribution in [2.75, 3.05) is 33.2 Å².